The molecule has 1 saturated heterocycles. The van der Waals surface area contributed by atoms with E-state index in [9.17, 15) is 0 Å². The van der Waals surface area contributed by atoms with E-state index in [0.29, 0.717) is 6.54 Å². The largest absolute Gasteiger partial charge is 0.378 e. The van der Waals surface area contributed by atoms with Crippen LogP contribution in [0, 0.1) is 0 Å². The molecule has 1 aliphatic heterocycles. The van der Waals surface area contributed by atoms with Gasteiger partial charge in [-0.2, -0.15) is 0 Å². The molecule has 3 rings (SSSR count). The van der Waals surface area contributed by atoms with Gasteiger partial charge in [0.25, 0.3) is 0 Å². The maximum Gasteiger partial charge on any atom is 0.191 e. The van der Waals surface area contributed by atoms with Crippen LogP contribution in [0.4, 0.5) is 5.82 Å². The number of morpholine rings is 1. The van der Waals surface area contributed by atoms with Crippen molar-refractivity contribution in [3.05, 3.63) is 58.7 Å². The van der Waals surface area contributed by atoms with Gasteiger partial charge in [-0.3, -0.25) is 0 Å². The smallest absolute Gasteiger partial charge is 0.191 e. The standard InChI is InChI=1S/C21H28ClN5O/c1-2-23-21(25-11-9-17-5-7-19(22)8-6-17)26-16-18-4-3-10-24-20(18)27-12-14-28-15-13-27/h3-8,10H,2,9,11-16H2,1H3,(H2,23,25,26). The first-order chi connectivity index (χ1) is 13.8. The van der Waals surface area contributed by atoms with Crippen LogP contribution in [-0.4, -0.2) is 50.3 Å². The number of halogens is 1. The topological polar surface area (TPSA) is 61.8 Å². The third-order valence-electron chi connectivity index (χ3n) is 4.55. The van der Waals surface area contributed by atoms with Crippen LogP contribution in [0.5, 0.6) is 0 Å². The van der Waals surface area contributed by atoms with Crippen molar-refractivity contribution in [2.75, 3.05) is 44.3 Å². The van der Waals surface area contributed by atoms with Gasteiger partial charge in [0.15, 0.2) is 5.96 Å². The third-order valence-corrected chi connectivity index (χ3v) is 4.80. The van der Waals surface area contributed by atoms with Crippen LogP contribution in [-0.2, 0) is 17.7 Å². The van der Waals surface area contributed by atoms with Crippen molar-refractivity contribution >= 4 is 23.4 Å². The van der Waals surface area contributed by atoms with Crippen molar-refractivity contribution in [3.63, 3.8) is 0 Å². The van der Waals surface area contributed by atoms with E-state index in [0.717, 1.165) is 68.2 Å². The van der Waals surface area contributed by atoms with E-state index < -0.39 is 0 Å². The quantitative estimate of drug-likeness (QED) is 0.551. The predicted octanol–water partition coefficient (Wildman–Crippen LogP) is 2.87. The van der Waals surface area contributed by atoms with Crippen molar-refractivity contribution in [1.29, 1.82) is 0 Å². The second-order valence-corrected chi connectivity index (χ2v) is 7.02. The van der Waals surface area contributed by atoms with Crippen LogP contribution in [0.15, 0.2) is 47.6 Å². The number of aliphatic imine (C=N–C) groups is 1. The van der Waals surface area contributed by atoms with Crippen LogP contribution in [0.3, 0.4) is 0 Å². The van der Waals surface area contributed by atoms with E-state index in [1.165, 1.54) is 5.56 Å². The van der Waals surface area contributed by atoms with Gasteiger partial charge >= 0.3 is 0 Å². The molecule has 0 bridgehead atoms. The number of anilines is 1. The van der Waals surface area contributed by atoms with E-state index in [1.807, 2.05) is 24.4 Å². The first kappa shape index (κ1) is 20.4. The van der Waals surface area contributed by atoms with Crippen LogP contribution >= 0.6 is 11.6 Å². The fourth-order valence-electron chi connectivity index (χ4n) is 3.10. The lowest BCUT2D eigenvalue weighted by atomic mass is 10.1. The maximum atomic E-state index is 5.95. The Morgan fingerprint density at radius 2 is 1.96 bits per heavy atom. The summed E-state index contributed by atoms with van der Waals surface area (Å²) in [7, 11) is 0. The number of ether oxygens (including phenoxy) is 1. The minimum absolute atomic E-state index is 0.580. The number of rotatable bonds is 7. The van der Waals surface area contributed by atoms with Crippen molar-refractivity contribution < 1.29 is 4.74 Å². The highest BCUT2D eigenvalue weighted by Crippen LogP contribution is 2.19. The summed E-state index contributed by atoms with van der Waals surface area (Å²) in [5.41, 5.74) is 2.37. The summed E-state index contributed by atoms with van der Waals surface area (Å²) >= 11 is 5.95. The summed E-state index contributed by atoms with van der Waals surface area (Å²) in [6.07, 6.45) is 2.75. The minimum atomic E-state index is 0.580. The number of nitrogens with one attached hydrogen (secondary N) is 2. The molecule has 0 atom stereocenters. The van der Waals surface area contributed by atoms with Crippen molar-refractivity contribution in [2.24, 2.45) is 4.99 Å². The summed E-state index contributed by atoms with van der Waals surface area (Å²) < 4.78 is 5.45. The Hall–Kier alpha value is -2.31. The summed E-state index contributed by atoms with van der Waals surface area (Å²) in [4.78, 5) is 11.6. The first-order valence-corrected chi connectivity index (χ1v) is 10.2. The molecule has 150 valence electrons. The molecule has 2 heterocycles. The number of hydrogen-bond acceptors (Lipinski definition) is 4. The van der Waals surface area contributed by atoms with E-state index in [-0.39, 0.29) is 0 Å². The zero-order chi connectivity index (χ0) is 19.6. The number of guanidine groups is 1. The number of aromatic nitrogens is 1. The fourth-order valence-corrected chi connectivity index (χ4v) is 3.22. The van der Waals surface area contributed by atoms with Gasteiger partial charge in [-0.1, -0.05) is 29.8 Å². The Morgan fingerprint density at radius 1 is 1.18 bits per heavy atom. The number of hydrogen-bond donors (Lipinski definition) is 2. The molecule has 1 aliphatic rings. The zero-order valence-corrected chi connectivity index (χ0v) is 17.1. The van der Waals surface area contributed by atoms with Gasteiger partial charge in [-0.15, -0.1) is 0 Å². The zero-order valence-electron chi connectivity index (χ0n) is 16.3. The normalized spacial score (nSPS) is 14.8. The number of benzene rings is 1. The van der Waals surface area contributed by atoms with Gasteiger partial charge in [0.1, 0.15) is 5.82 Å². The monoisotopic (exact) mass is 401 g/mol. The predicted molar refractivity (Wildman–Crippen MR) is 115 cm³/mol. The lowest BCUT2D eigenvalue weighted by molar-refractivity contribution is 0.122. The van der Waals surface area contributed by atoms with E-state index in [1.54, 1.807) is 0 Å². The molecule has 0 radical (unpaired) electrons. The molecular formula is C21H28ClN5O. The minimum Gasteiger partial charge on any atom is -0.378 e. The molecular weight excluding hydrogens is 374 g/mol. The number of pyridine rings is 1. The molecule has 1 aromatic carbocycles. The highest BCUT2D eigenvalue weighted by Gasteiger charge is 2.15. The fraction of sp³-hybridized carbons (Fsp3) is 0.429. The van der Waals surface area contributed by atoms with Crippen LogP contribution in [0.1, 0.15) is 18.1 Å². The second-order valence-electron chi connectivity index (χ2n) is 6.58. The Balaban J connectivity index is 1.60. The molecule has 1 aromatic heterocycles. The summed E-state index contributed by atoms with van der Waals surface area (Å²) in [6, 6.07) is 12.0. The SMILES string of the molecule is CCNC(=NCc1cccnc1N1CCOCC1)NCCc1ccc(Cl)cc1. The van der Waals surface area contributed by atoms with Crippen molar-refractivity contribution in [2.45, 2.75) is 19.9 Å². The van der Waals surface area contributed by atoms with Crippen LogP contribution in [0.2, 0.25) is 5.02 Å². The van der Waals surface area contributed by atoms with Gasteiger partial charge in [0.2, 0.25) is 0 Å². The van der Waals surface area contributed by atoms with Crippen LogP contribution in [0.25, 0.3) is 0 Å². The van der Waals surface area contributed by atoms with Crippen molar-refractivity contribution in [3.8, 4) is 0 Å². The molecule has 0 amide bonds. The summed E-state index contributed by atoms with van der Waals surface area (Å²) in [5, 5.41) is 7.48. The molecule has 0 aliphatic carbocycles. The lowest BCUT2D eigenvalue weighted by Crippen LogP contribution is -2.38. The molecule has 0 saturated carbocycles. The van der Waals surface area contributed by atoms with E-state index in [2.05, 4.69) is 45.6 Å². The molecule has 0 spiro atoms. The molecule has 1 fully saturated rings. The first-order valence-electron chi connectivity index (χ1n) is 9.79. The Bertz CT molecular complexity index is 760. The van der Waals surface area contributed by atoms with Gasteiger partial charge in [0, 0.05) is 43.0 Å². The van der Waals surface area contributed by atoms with Gasteiger partial charge in [-0.05, 0) is 37.1 Å². The highest BCUT2D eigenvalue weighted by atomic mass is 35.5. The Labute approximate surface area is 172 Å². The van der Waals surface area contributed by atoms with Gasteiger partial charge in [0.05, 0.1) is 19.8 Å². The lowest BCUT2D eigenvalue weighted by Gasteiger charge is -2.29. The molecule has 6 nitrogen and oxygen atoms in total. The summed E-state index contributed by atoms with van der Waals surface area (Å²) in [6.45, 7) is 7.49. The van der Waals surface area contributed by atoms with E-state index >= 15 is 0 Å². The average molecular weight is 402 g/mol. The molecule has 2 aromatic rings. The van der Waals surface area contributed by atoms with E-state index in [4.69, 9.17) is 21.3 Å². The third kappa shape index (κ3) is 6.11. The highest BCUT2D eigenvalue weighted by molar-refractivity contribution is 6.30. The van der Waals surface area contributed by atoms with Gasteiger partial charge in [-0.25, -0.2) is 9.98 Å². The number of nitrogens with zero attached hydrogens (tertiary/aromatic N) is 3. The second kappa shape index (κ2) is 10.9. The molecule has 7 heteroatoms. The molecule has 2 N–H and O–H groups in total. The maximum absolute atomic E-state index is 5.95. The van der Waals surface area contributed by atoms with Gasteiger partial charge < -0.3 is 20.3 Å². The Morgan fingerprint density at radius 3 is 2.71 bits per heavy atom. The van der Waals surface area contributed by atoms with Crippen LogP contribution < -0.4 is 15.5 Å². The summed E-state index contributed by atoms with van der Waals surface area (Å²) in [5.74, 6) is 1.82. The Kier molecular flexibility index (Phi) is 7.94. The molecule has 28 heavy (non-hydrogen) atoms. The average Bonchev–Trinajstić information content (AvgIpc) is 2.74. The molecule has 0 unspecified atom stereocenters. The van der Waals surface area contributed by atoms with Crippen molar-refractivity contribution in [1.82, 2.24) is 15.6 Å².